The van der Waals surface area contributed by atoms with Crippen LogP contribution in [0.5, 0.6) is 0 Å². The molecule has 0 aliphatic carbocycles. The number of halogens is 1. The minimum Gasteiger partial charge on any atom is -1.00 e. The van der Waals surface area contributed by atoms with Crippen molar-refractivity contribution < 1.29 is 12.4 Å². The van der Waals surface area contributed by atoms with Crippen molar-refractivity contribution in [2.45, 2.75) is 71.5 Å². The van der Waals surface area contributed by atoms with Crippen LogP contribution in [0.15, 0.2) is 18.1 Å². The first-order valence-electron chi connectivity index (χ1n) is 22.1. The maximum absolute atomic E-state index is 6.55. The lowest BCUT2D eigenvalue weighted by molar-refractivity contribution is -0.0000147. The zero-order valence-corrected chi connectivity index (χ0v) is 49.0. The molecule has 0 aromatic carbocycles. The topological polar surface area (TPSA) is 88.3 Å². The van der Waals surface area contributed by atoms with Crippen LogP contribution in [0.1, 0.15) is 25.7 Å². The SMILES string of the molecule is CN(C)C1CC[P](=N[P+](N=[P]2CCC(N(C)C)C2(N(C)C)N(C)C)(N=[P]2CCC(N(C)C)C2(N(C)C)N(C)C)N=[P]2CCC(N(C)C)C2(N(C)C)N(C)C)C1(N(C)C)N(C)C.[Cl-]. The third-order valence-electron chi connectivity index (χ3n) is 14.4. The van der Waals surface area contributed by atoms with E-state index >= 15 is 0 Å². The number of rotatable bonds is 16. The van der Waals surface area contributed by atoms with E-state index < -0.39 is 38.7 Å². The van der Waals surface area contributed by atoms with Crippen molar-refractivity contribution in [1.82, 2.24) is 58.8 Å². The standard InChI is InChI=1S/C40H92N16P5.ClH/c1-45(2)33-25-29-57(37(33,49(9)10)50(11)12)41-61(42-58-30-26-34(46(3)4)38(58,51(13)14)52(15)16,43-59-31-27-35(47(5)6)39(59,53(17)18)54(19)20)44-60-32-28-36(48(7)8)40(60,55(21)22)56(23)24;/h33-36H,25-32H2,1-24H3;1H/q+1;/p-1. The van der Waals surface area contributed by atoms with E-state index in [0.29, 0.717) is 24.2 Å². The molecule has 364 valence electrons. The average molecular weight is 988 g/mol. The van der Waals surface area contributed by atoms with Gasteiger partial charge in [0.05, 0.1) is 24.2 Å². The Balaban J connectivity index is 0.0000102. The highest BCUT2D eigenvalue weighted by Gasteiger charge is 2.63. The monoisotopic (exact) mass is 987 g/mol. The van der Waals surface area contributed by atoms with Gasteiger partial charge >= 0.3 is 7.87 Å². The fraction of sp³-hybridized carbons (Fsp3) is 1.00. The summed E-state index contributed by atoms with van der Waals surface area (Å²) >= 11 is 0. The highest BCUT2D eigenvalue weighted by atomic mass is 35.5. The number of hydrogen-bond acceptors (Lipinski definition) is 16. The van der Waals surface area contributed by atoms with E-state index in [9.17, 15) is 0 Å². The Morgan fingerprint density at radius 2 is 0.452 bits per heavy atom. The Labute approximate surface area is 391 Å². The van der Waals surface area contributed by atoms with Gasteiger partial charge in [-0.3, -0.25) is 39.2 Å². The Kier molecular flexibility index (Phi) is 19.8. The first kappa shape index (κ1) is 57.0. The molecule has 4 rings (SSSR count). The van der Waals surface area contributed by atoms with Crippen LogP contribution in [0.4, 0.5) is 0 Å². The van der Waals surface area contributed by atoms with Gasteiger partial charge in [-0.15, -0.1) is 0 Å². The summed E-state index contributed by atoms with van der Waals surface area (Å²) in [6, 6.07) is 1.18. The zero-order valence-electron chi connectivity index (χ0n) is 43.7. The second kappa shape index (κ2) is 21.5. The van der Waals surface area contributed by atoms with Gasteiger partial charge in [-0.25, -0.2) is 0 Å². The molecule has 0 saturated carbocycles. The number of likely N-dealkylation sites (N-methyl/N-ethyl adjacent to an activating group) is 12. The molecule has 8 unspecified atom stereocenters. The fourth-order valence-corrected chi connectivity index (χ4v) is 33.2. The van der Waals surface area contributed by atoms with Crippen LogP contribution in [0.2, 0.25) is 0 Å². The van der Waals surface area contributed by atoms with Gasteiger partial charge in [0.2, 0.25) is 0 Å². The second-order valence-electron chi connectivity index (χ2n) is 20.4. The van der Waals surface area contributed by atoms with Crippen LogP contribution >= 0.6 is 38.7 Å². The highest BCUT2D eigenvalue weighted by Crippen LogP contribution is 2.82. The minimum absolute atomic E-state index is 0. The summed E-state index contributed by atoms with van der Waals surface area (Å²) in [5.74, 6) is 0. The third-order valence-corrected chi connectivity index (χ3v) is 31.9. The van der Waals surface area contributed by atoms with Crippen LogP contribution < -0.4 is 12.4 Å². The largest absolute Gasteiger partial charge is 1.00 e. The second-order valence-corrected chi connectivity index (χ2v) is 31.9. The molecule has 0 aromatic heterocycles. The molecule has 0 spiro atoms. The molecule has 4 aliphatic rings. The molecule has 0 aromatic rings. The summed E-state index contributed by atoms with van der Waals surface area (Å²) in [7, 11) is 47.2. The van der Waals surface area contributed by atoms with E-state index in [-0.39, 0.29) is 34.0 Å². The predicted octanol–water partition coefficient (Wildman–Crippen LogP) is 2.77. The van der Waals surface area contributed by atoms with Crippen molar-refractivity contribution in [3.05, 3.63) is 0 Å². The molecule has 0 bridgehead atoms. The molecular formula is C40H92ClN16P5. The number of nitrogens with zero attached hydrogens (tertiary/aromatic N) is 16. The number of hydrogen-bond donors (Lipinski definition) is 0. The van der Waals surface area contributed by atoms with Gasteiger partial charge in [0.25, 0.3) is 0 Å². The Bertz CT molecular complexity index is 1380. The molecule has 4 heterocycles. The van der Waals surface area contributed by atoms with Crippen molar-refractivity contribution in [2.24, 2.45) is 18.1 Å². The maximum Gasteiger partial charge on any atom is 0.505 e. The lowest BCUT2D eigenvalue weighted by atomic mass is 10.1. The predicted molar refractivity (Wildman–Crippen MR) is 273 cm³/mol. The molecule has 8 atom stereocenters. The van der Waals surface area contributed by atoms with Gasteiger partial charge in [0.15, 0.2) is 0 Å². The summed E-state index contributed by atoms with van der Waals surface area (Å²) in [6.45, 7) is 0. The van der Waals surface area contributed by atoms with E-state index in [4.69, 9.17) is 18.1 Å². The molecule has 0 N–H and O–H groups in total. The summed E-state index contributed by atoms with van der Waals surface area (Å²) in [5.41, 5.74) is 0. The maximum atomic E-state index is 6.55. The van der Waals surface area contributed by atoms with Gasteiger partial charge in [0.1, 0.15) is 21.6 Å². The van der Waals surface area contributed by atoms with Crippen molar-refractivity contribution in [2.75, 3.05) is 194 Å². The molecular weight excluding hydrogens is 895 g/mol. The fourth-order valence-electron chi connectivity index (χ4n) is 12.5. The molecule has 0 amide bonds. The van der Waals surface area contributed by atoms with E-state index in [1.807, 2.05) is 0 Å². The lowest BCUT2D eigenvalue weighted by Gasteiger charge is -2.49. The zero-order chi connectivity index (χ0) is 46.5. The van der Waals surface area contributed by atoms with Crippen LogP contribution in [0, 0.1) is 0 Å². The van der Waals surface area contributed by atoms with Crippen LogP contribution in [0.3, 0.4) is 0 Å². The molecule has 4 aliphatic heterocycles. The molecule has 4 saturated heterocycles. The average Bonchev–Trinajstić information content (AvgIpc) is 3.89. The van der Waals surface area contributed by atoms with Crippen LogP contribution in [-0.2, 0) is 0 Å². The van der Waals surface area contributed by atoms with Crippen molar-refractivity contribution in [3.8, 4) is 0 Å². The van der Waals surface area contributed by atoms with Crippen molar-refractivity contribution in [1.29, 1.82) is 0 Å². The first-order chi connectivity index (χ1) is 28.1. The van der Waals surface area contributed by atoms with E-state index in [1.165, 1.54) is 0 Å². The lowest BCUT2D eigenvalue weighted by Crippen LogP contribution is -3.00. The van der Waals surface area contributed by atoms with Crippen LogP contribution in [-0.4, -0.2) is 298 Å². The summed E-state index contributed by atoms with van der Waals surface area (Å²) < 4.78 is 26.2. The smallest absolute Gasteiger partial charge is 0.505 e. The van der Waals surface area contributed by atoms with Gasteiger partial charge in [-0.2, -0.15) is 0 Å². The van der Waals surface area contributed by atoms with Gasteiger partial charge in [-0.1, -0.05) is 0 Å². The summed E-state index contributed by atoms with van der Waals surface area (Å²) in [5, 5.41) is -1.26. The van der Waals surface area contributed by atoms with Crippen molar-refractivity contribution in [3.63, 3.8) is 0 Å². The molecule has 4 fully saturated rings. The molecule has 4 radical (unpaired) electrons. The van der Waals surface area contributed by atoms with E-state index in [0.717, 1.165) is 50.3 Å². The van der Waals surface area contributed by atoms with Gasteiger partial charge in [0, 0.05) is 55.5 Å². The first-order valence-corrected chi connectivity index (χ1v) is 29.6. The molecule has 22 heteroatoms. The quantitative estimate of drug-likeness (QED) is 0.169. The van der Waals surface area contributed by atoms with Gasteiger partial charge < -0.3 is 32.0 Å². The van der Waals surface area contributed by atoms with Gasteiger partial charge in [-0.05, 0) is 213 Å². The normalized spacial score (nSPS) is 29.9. The molecule has 16 nitrogen and oxygen atoms in total. The van der Waals surface area contributed by atoms with Crippen LogP contribution in [0.25, 0.3) is 0 Å². The van der Waals surface area contributed by atoms with E-state index in [1.54, 1.807) is 0 Å². The third kappa shape index (κ3) is 9.26. The Morgan fingerprint density at radius 1 is 0.306 bits per heavy atom. The Morgan fingerprint density at radius 3 is 0.565 bits per heavy atom. The Hall–Kier alpha value is 0.640. The molecule has 62 heavy (non-hydrogen) atoms. The summed E-state index contributed by atoms with van der Waals surface area (Å²) in [4.78, 5) is 29.7. The minimum atomic E-state index is -3.23. The van der Waals surface area contributed by atoms with Crippen molar-refractivity contribution >= 4 is 38.7 Å². The van der Waals surface area contributed by atoms with E-state index in [2.05, 4.69) is 228 Å². The summed E-state index contributed by atoms with van der Waals surface area (Å²) in [6.07, 6.45) is 8.39. The highest BCUT2D eigenvalue weighted by molar-refractivity contribution is 7.84.